The molecule has 0 spiro atoms. The molecule has 0 aromatic heterocycles. The molecule has 1 saturated carbocycles. The fourth-order valence-corrected chi connectivity index (χ4v) is 5.66. The zero-order valence-corrected chi connectivity index (χ0v) is 19.3. The van der Waals surface area contributed by atoms with Crippen LogP contribution in [0.3, 0.4) is 0 Å². The first-order valence-electron chi connectivity index (χ1n) is 11.4. The smallest absolute Gasteiger partial charge is 0.240 e. The van der Waals surface area contributed by atoms with Gasteiger partial charge in [-0.15, -0.1) is 0 Å². The largest absolute Gasteiger partial charge is 0.340 e. The Morgan fingerprint density at radius 1 is 1.07 bits per heavy atom. The minimum Gasteiger partial charge on any atom is -0.340 e. The molecule has 0 unspecified atom stereocenters. The van der Waals surface area contributed by atoms with Gasteiger partial charge in [0.25, 0.3) is 0 Å². The molecule has 1 aliphatic heterocycles. The first kappa shape index (κ1) is 23.2. The van der Waals surface area contributed by atoms with E-state index in [0.29, 0.717) is 36.2 Å². The van der Waals surface area contributed by atoms with E-state index in [1.165, 1.54) is 32.1 Å². The summed E-state index contributed by atoms with van der Waals surface area (Å²) in [6.45, 7) is 8.29. The molecule has 6 nitrogen and oxygen atoms in total. The molecule has 2 fully saturated rings. The van der Waals surface area contributed by atoms with Crippen molar-refractivity contribution in [3.05, 3.63) is 29.8 Å². The number of carbonyl (C=O) groups excluding carboxylic acids is 1. The molecule has 168 valence electrons. The Hall–Kier alpha value is -1.44. The lowest BCUT2D eigenvalue weighted by molar-refractivity contribution is -0.134. The molecule has 1 aromatic rings. The van der Waals surface area contributed by atoms with Crippen LogP contribution in [0, 0.1) is 18.8 Å². The summed E-state index contributed by atoms with van der Waals surface area (Å²) in [5.74, 6) is 1.48. The molecular weight excluding hydrogens is 398 g/mol. The van der Waals surface area contributed by atoms with Gasteiger partial charge < -0.3 is 4.90 Å². The van der Waals surface area contributed by atoms with Crippen molar-refractivity contribution in [3.8, 4) is 0 Å². The zero-order chi connectivity index (χ0) is 21.6. The second-order valence-corrected chi connectivity index (χ2v) is 10.8. The van der Waals surface area contributed by atoms with Gasteiger partial charge >= 0.3 is 0 Å². The van der Waals surface area contributed by atoms with Crippen molar-refractivity contribution in [1.29, 1.82) is 0 Å². The second-order valence-electron chi connectivity index (χ2n) is 9.01. The molecule has 30 heavy (non-hydrogen) atoms. The SMILES string of the molecule is Cc1ccc(S(=O)(=O)NCCN2CCN(C(=O)C[C@H](C)C3CCCCC3)CC2)cc1. The summed E-state index contributed by atoms with van der Waals surface area (Å²) in [4.78, 5) is 17.2. The van der Waals surface area contributed by atoms with Gasteiger partial charge in [0.1, 0.15) is 0 Å². The predicted octanol–water partition coefficient (Wildman–Crippen LogP) is 3.02. The number of rotatable bonds is 8. The highest BCUT2D eigenvalue weighted by Gasteiger charge is 2.26. The second kappa shape index (κ2) is 10.7. The van der Waals surface area contributed by atoms with Crippen LogP contribution in [0.4, 0.5) is 0 Å². The van der Waals surface area contributed by atoms with Crippen LogP contribution in [-0.4, -0.2) is 63.4 Å². The van der Waals surface area contributed by atoms with E-state index in [0.717, 1.165) is 31.7 Å². The molecule has 0 radical (unpaired) electrons. The summed E-state index contributed by atoms with van der Waals surface area (Å²) >= 11 is 0. The summed E-state index contributed by atoms with van der Waals surface area (Å²) in [6, 6.07) is 6.88. The van der Waals surface area contributed by atoms with Crippen LogP contribution >= 0.6 is 0 Å². The van der Waals surface area contributed by atoms with Crippen molar-refractivity contribution in [1.82, 2.24) is 14.5 Å². The normalized spacial score (nSPS) is 20.3. The molecule has 1 atom stereocenters. The van der Waals surface area contributed by atoms with Crippen molar-refractivity contribution in [3.63, 3.8) is 0 Å². The van der Waals surface area contributed by atoms with Crippen molar-refractivity contribution in [2.75, 3.05) is 39.3 Å². The van der Waals surface area contributed by atoms with Crippen molar-refractivity contribution < 1.29 is 13.2 Å². The number of nitrogens with zero attached hydrogens (tertiary/aromatic N) is 2. The van der Waals surface area contributed by atoms with E-state index < -0.39 is 10.0 Å². The third kappa shape index (κ3) is 6.53. The molecule has 1 heterocycles. The summed E-state index contributed by atoms with van der Waals surface area (Å²) in [6.07, 6.45) is 7.20. The van der Waals surface area contributed by atoms with Crippen LogP contribution in [-0.2, 0) is 14.8 Å². The molecule has 1 aromatic carbocycles. The molecule has 7 heteroatoms. The van der Waals surface area contributed by atoms with Crippen LogP contribution in [0.15, 0.2) is 29.2 Å². The maximum absolute atomic E-state index is 12.7. The number of benzene rings is 1. The van der Waals surface area contributed by atoms with E-state index in [-0.39, 0.29) is 5.91 Å². The van der Waals surface area contributed by atoms with Crippen LogP contribution in [0.25, 0.3) is 0 Å². The minimum atomic E-state index is -3.47. The molecule has 2 aliphatic rings. The van der Waals surface area contributed by atoms with E-state index in [2.05, 4.69) is 16.5 Å². The van der Waals surface area contributed by atoms with E-state index >= 15 is 0 Å². The Morgan fingerprint density at radius 3 is 2.33 bits per heavy atom. The monoisotopic (exact) mass is 435 g/mol. The Morgan fingerprint density at radius 2 is 1.70 bits per heavy atom. The summed E-state index contributed by atoms with van der Waals surface area (Å²) < 4.78 is 27.4. The van der Waals surface area contributed by atoms with Gasteiger partial charge in [-0.2, -0.15) is 0 Å². The summed E-state index contributed by atoms with van der Waals surface area (Å²) in [5, 5.41) is 0. The lowest BCUT2D eigenvalue weighted by atomic mass is 9.79. The Labute approximate surface area is 182 Å². The van der Waals surface area contributed by atoms with E-state index in [9.17, 15) is 13.2 Å². The van der Waals surface area contributed by atoms with Gasteiger partial charge in [-0.25, -0.2) is 13.1 Å². The summed E-state index contributed by atoms with van der Waals surface area (Å²) in [5.41, 5.74) is 1.04. The third-order valence-corrected chi connectivity index (χ3v) is 8.20. The third-order valence-electron chi connectivity index (χ3n) is 6.73. The first-order valence-corrected chi connectivity index (χ1v) is 12.9. The lowest BCUT2D eigenvalue weighted by Crippen LogP contribution is -2.50. The number of hydrogen-bond acceptors (Lipinski definition) is 4. The number of sulfonamides is 1. The standard InChI is InChI=1S/C23H37N3O3S/c1-19-8-10-22(11-9-19)30(28,29)24-12-13-25-14-16-26(17-15-25)23(27)18-20(2)21-6-4-3-5-7-21/h8-11,20-21,24H,3-7,12-18H2,1-2H3/t20-/m0/s1. The molecule has 1 amide bonds. The molecular formula is C23H37N3O3S. The predicted molar refractivity (Wildman–Crippen MR) is 120 cm³/mol. The van der Waals surface area contributed by atoms with Gasteiger partial charge in [0.15, 0.2) is 0 Å². The molecule has 1 saturated heterocycles. The number of amides is 1. The fraction of sp³-hybridized carbons (Fsp3) is 0.696. The highest BCUT2D eigenvalue weighted by Crippen LogP contribution is 2.31. The molecule has 0 bridgehead atoms. The number of aryl methyl sites for hydroxylation is 1. The Bertz CT molecular complexity index is 780. The number of piperazine rings is 1. The van der Waals surface area contributed by atoms with Gasteiger partial charge in [-0.05, 0) is 30.9 Å². The Balaban J connectivity index is 1.37. The highest BCUT2D eigenvalue weighted by molar-refractivity contribution is 7.89. The van der Waals surface area contributed by atoms with Crippen molar-refractivity contribution >= 4 is 15.9 Å². The average molecular weight is 436 g/mol. The minimum absolute atomic E-state index is 0.285. The summed E-state index contributed by atoms with van der Waals surface area (Å²) in [7, 11) is -3.47. The molecule has 1 N–H and O–H groups in total. The van der Waals surface area contributed by atoms with Gasteiger partial charge in [0.2, 0.25) is 15.9 Å². The van der Waals surface area contributed by atoms with Crippen LogP contribution in [0.2, 0.25) is 0 Å². The molecule has 1 aliphatic carbocycles. The van der Waals surface area contributed by atoms with Gasteiger partial charge in [0.05, 0.1) is 4.90 Å². The average Bonchev–Trinajstić information content (AvgIpc) is 2.75. The van der Waals surface area contributed by atoms with Gasteiger partial charge in [-0.1, -0.05) is 56.7 Å². The van der Waals surface area contributed by atoms with E-state index in [4.69, 9.17) is 0 Å². The van der Waals surface area contributed by atoms with Crippen LogP contribution in [0.1, 0.15) is 51.0 Å². The van der Waals surface area contributed by atoms with Crippen molar-refractivity contribution in [2.45, 2.75) is 57.3 Å². The maximum atomic E-state index is 12.7. The number of carbonyl (C=O) groups is 1. The maximum Gasteiger partial charge on any atom is 0.240 e. The molecule has 3 rings (SSSR count). The number of hydrogen-bond donors (Lipinski definition) is 1. The van der Waals surface area contributed by atoms with E-state index in [1.807, 2.05) is 11.8 Å². The van der Waals surface area contributed by atoms with Gasteiger partial charge in [-0.3, -0.25) is 9.69 Å². The van der Waals surface area contributed by atoms with Crippen LogP contribution in [0.5, 0.6) is 0 Å². The first-order chi connectivity index (χ1) is 14.3. The number of nitrogens with one attached hydrogen (secondary N) is 1. The van der Waals surface area contributed by atoms with E-state index in [1.54, 1.807) is 24.3 Å². The highest BCUT2D eigenvalue weighted by atomic mass is 32.2. The zero-order valence-electron chi connectivity index (χ0n) is 18.5. The fourth-order valence-electron chi connectivity index (χ4n) is 4.63. The van der Waals surface area contributed by atoms with Crippen molar-refractivity contribution in [2.24, 2.45) is 11.8 Å². The lowest BCUT2D eigenvalue weighted by Gasteiger charge is -2.36. The topological polar surface area (TPSA) is 69.7 Å². The Kier molecular flexibility index (Phi) is 8.31. The van der Waals surface area contributed by atoms with Crippen LogP contribution < -0.4 is 4.72 Å². The van der Waals surface area contributed by atoms with Gasteiger partial charge in [0, 0.05) is 45.7 Å². The quantitative estimate of drug-likeness (QED) is 0.681.